The first-order valence-electron chi connectivity index (χ1n) is 8.50. The monoisotopic (exact) mass is 405 g/mol. The summed E-state index contributed by atoms with van der Waals surface area (Å²) in [4.78, 5) is 19.2. The molecule has 1 fully saturated rings. The zero-order chi connectivity index (χ0) is 19.4. The number of hydrogen-bond donors (Lipinski definition) is 1. The lowest BCUT2D eigenvalue weighted by Gasteiger charge is -2.32. The normalized spacial score (nSPS) is 17.2. The SMILES string of the molecule is CC(C)(C)OC(=O)NC1CCN(Cc2ncc(COS(C)(=O)=O)s2)CC1. The van der Waals surface area contributed by atoms with Crippen LogP contribution < -0.4 is 5.32 Å². The highest BCUT2D eigenvalue weighted by Crippen LogP contribution is 2.19. The predicted molar refractivity (Wildman–Crippen MR) is 99.4 cm³/mol. The molecule has 1 aromatic heterocycles. The van der Waals surface area contributed by atoms with Crippen LogP contribution in [0.3, 0.4) is 0 Å². The minimum Gasteiger partial charge on any atom is -0.444 e. The van der Waals surface area contributed by atoms with Crippen molar-refractivity contribution in [2.45, 2.75) is 58.4 Å². The van der Waals surface area contributed by atoms with Gasteiger partial charge in [0.1, 0.15) is 17.2 Å². The molecule has 0 spiro atoms. The molecular formula is C16H27N3O5S2. The van der Waals surface area contributed by atoms with Gasteiger partial charge in [-0.1, -0.05) is 0 Å². The van der Waals surface area contributed by atoms with Crippen LogP contribution >= 0.6 is 11.3 Å². The van der Waals surface area contributed by atoms with E-state index in [9.17, 15) is 13.2 Å². The van der Waals surface area contributed by atoms with Crippen molar-refractivity contribution < 1.29 is 22.1 Å². The van der Waals surface area contributed by atoms with Crippen molar-refractivity contribution in [2.24, 2.45) is 0 Å². The molecule has 10 heteroatoms. The van der Waals surface area contributed by atoms with Gasteiger partial charge in [-0.3, -0.25) is 9.08 Å². The number of aromatic nitrogens is 1. The Morgan fingerprint density at radius 2 is 2.04 bits per heavy atom. The van der Waals surface area contributed by atoms with Gasteiger partial charge in [0.25, 0.3) is 10.1 Å². The first-order chi connectivity index (χ1) is 12.0. The molecule has 0 unspecified atom stereocenters. The van der Waals surface area contributed by atoms with Crippen LogP contribution in [-0.4, -0.2) is 55.4 Å². The summed E-state index contributed by atoms with van der Waals surface area (Å²) in [7, 11) is -3.44. The van der Waals surface area contributed by atoms with Gasteiger partial charge >= 0.3 is 6.09 Å². The van der Waals surface area contributed by atoms with Crippen molar-refractivity contribution in [2.75, 3.05) is 19.3 Å². The Morgan fingerprint density at radius 3 is 2.62 bits per heavy atom. The van der Waals surface area contributed by atoms with E-state index in [1.54, 1.807) is 6.20 Å². The second kappa shape index (κ2) is 8.64. The Labute approximate surface area is 159 Å². The number of amides is 1. The molecule has 8 nitrogen and oxygen atoms in total. The van der Waals surface area contributed by atoms with Gasteiger partial charge in [-0.15, -0.1) is 11.3 Å². The first kappa shape index (κ1) is 21.1. The number of nitrogens with zero attached hydrogens (tertiary/aromatic N) is 2. The number of nitrogens with one attached hydrogen (secondary N) is 1. The molecule has 2 heterocycles. The minimum absolute atomic E-state index is 0.0262. The van der Waals surface area contributed by atoms with Gasteiger partial charge in [0.05, 0.1) is 17.7 Å². The molecule has 0 aromatic carbocycles. The van der Waals surface area contributed by atoms with E-state index in [0.717, 1.165) is 42.1 Å². The molecular weight excluding hydrogens is 378 g/mol. The molecule has 0 atom stereocenters. The molecule has 0 bridgehead atoms. The van der Waals surface area contributed by atoms with Gasteiger partial charge in [0.15, 0.2) is 0 Å². The number of alkyl carbamates (subject to hydrolysis) is 1. The van der Waals surface area contributed by atoms with Gasteiger partial charge in [0.2, 0.25) is 0 Å². The summed E-state index contributed by atoms with van der Waals surface area (Å²) in [6.45, 7) is 7.99. The van der Waals surface area contributed by atoms with Crippen LogP contribution in [0.5, 0.6) is 0 Å². The number of rotatable bonds is 6. The lowest BCUT2D eigenvalue weighted by molar-refractivity contribution is 0.0477. The van der Waals surface area contributed by atoms with Crippen LogP contribution in [0.15, 0.2) is 6.20 Å². The van der Waals surface area contributed by atoms with E-state index in [2.05, 4.69) is 15.2 Å². The minimum atomic E-state index is -3.44. The van der Waals surface area contributed by atoms with E-state index in [-0.39, 0.29) is 18.7 Å². The standard InChI is InChI=1S/C16H27N3O5S2/c1-16(2,3)24-15(20)18-12-5-7-19(8-6-12)10-14-17-9-13(25-14)11-23-26(4,21)22/h9,12H,5-8,10-11H2,1-4H3,(H,18,20). The van der Waals surface area contributed by atoms with E-state index in [0.29, 0.717) is 6.54 Å². The summed E-state index contributed by atoms with van der Waals surface area (Å²) in [6, 6.07) is 0.121. The lowest BCUT2D eigenvalue weighted by Crippen LogP contribution is -2.45. The summed E-state index contributed by atoms with van der Waals surface area (Å²) < 4.78 is 32.1. The third-order valence-corrected chi connectivity index (χ3v) is 5.19. The van der Waals surface area contributed by atoms with Gasteiger partial charge in [-0.2, -0.15) is 8.42 Å². The third-order valence-electron chi connectivity index (χ3n) is 3.68. The quantitative estimate of drug-likeness (QED) is 0.724. The number of ether oxygens (including phenoxy) is 1. The maximum absolute atomic E-state index is 11.8. The van der Waals surface area contributed by atoms with Crippen LogP contribution in [0.4, 0.5) is 4.79 Å². The molecule has 0 saturated carbocycles. The number of likely N-dealkylation sites (tertiary alicyclic amines) is 1. The first-order valence-corrected chi connectivity index (χ1v) is 11.1. The average molecular weight is 406 g/mol. The molecule has 148 valence electrons. The fraction of sp³-hybridized carbons (Fsp3) is 0.750. The molecule has 0 radical (unpaired) electrons. The van der Waals surface area contributed by atoms with Crippen LogP contribution in [0.2, 0.25) is 0 Å². The van der Waals surface area contributed by atoms with Crippen LogP contribution in [-0.2, 0) is 32.2 Å². The molecule has 26 heavy (non-hydrogen) atoms. The van der Waals surface area contributed by atoms with Crippen LogP contribution in [0.1, 0.15) is 43.5 Å². The smallest absolute Gasteiger partial charge is 0.407 e. The summed E-state index contributed by atoms with van der Waals surface area (Å²) in [5, 5.41) is 3.85. The fourth-order valence-corrected chi connectivity index (χ4v) is 3.85. The van der Waals surface area contributed by atoms with Crippen molar-refractivity contribution in [3.8, 4) is 0 Å². The van der Waals surface area contributed by atoms with E-state index >= 15 is 0 Å². The Bertz CT molecular complexity index is 704. The number of carbonyl (C=O) groups excluding carboxylic acids is 1. The topological polar surface area (TPSA) is 97.8 Å². The third kappa shape index (κ3) is 7.98. The second-order valence-electron chi connectivity index (χ2n) is 7.38. The fourth-order valence-electron chi connectivity index (χ4n) is 2.55. The maximum atomic E-state index is 11.8. The van der Waals surface area contributed by atoms with Crippen molar-refractivity contribution in [3.05, 3.63) is 16.1 Å². The molecule has 0 aliphatic carbocycles. The van der Waals surface area contributed by atoms with Crippen LogP contribution in [0, 0.1) is 0 Å². The summed E-state index contributed by atoms with van der Waals surface area (Å²) >= 11 is 1.45. The van der Waals surface area contributed by atoms with Gasteiger partial charge in [0, 0.05) is 25.3 Å². The molecule has 1 aromatic rings. The number of hydrogen-bond acceptors (Lipinski definition) is 8. The molecule has 2 rings (SSSR count). The zero-order valence-corrected chi connectivity index (χ0v) is 17.3. The van der Waals surface area contributed by atoms with Crippen molar-refractivity contribution in [1.29, 1.82) is 0 Å². The second-order valence-corrected chi connectivity index (χ2v) is 10.2. The van der Waals surface area contributed by atoms with Crippen molar-refractivity contribution >= 4 is 27.5 Å². The van der Waals surface area contributed by atoms with Gasteiger partial charge in [-0.25, -0.2) is 9.78 Å². The summed E-state index contributed by atoms with van der Waals surface area (Å²) in [5.74, 6) is 0. The average Bonchev–Trinajstić information content (AvgIpc) is 2.92. The largest absolute Gasteiger partial charge is 0.444 e. The highest BCUT2D eigenvalue weighted by molar-refractivity contribution is 7.85. The van der Waals surface area contributed by atoms with E-state index in [4.69, 9.17) is 8.92 Å². The number of thiazole rings is 1. The Balaban J connectivity index is 1.73. The number of piperidine rings is 1. The van der Waals surface area contributed by atoms with Gasteiger partial charge in [-0.05, 0) is 33.6 Å². The Kier molecular flexibility index (Phi) is 7.00. The van der Waals surface area contributed by atoms with E-state index in [1.807, 2.05) is 20.8 Å². The van der Waals surface area contributed by atoms with E-state index < -0.39 is 15.7 Å². The molecule has 1 aliphatic heterocycles. The lowest BCUT2D eigenvalue weighted by atomic mass is 10.1. The molecule has 1 saturated heterocycles. The molecule has 1 amide bonds. The highest BCUT2D eigenvalue weighted by Gasteiger charge is 2.24. The predicted octanol–water partition coefficient (Wildman–Crippen LogP) is 2.11. The Hall–Kier alpha value is -1.23. The van der Waals surface area contributed by atoms with Crippen molar-refractivity contribution in [3.63, 3.8) is 0 Å². The van der Waals surface area contributed by atoms with Crippen LogP contribution in [0.25, 0.3) is 0 Å². The van der Waals surface area contributed by atoms with Gasteiger partial charge < -0.3 is 10.1 Å². The van der Waals surface area contributed by atoms with Crippen molar-refractivity contribution in [1.82, 2.24) is 15.2 Å². The highest BCUT2D eigenvalue weighted by atomic mass is 32.2. The molecule has 1 aliphatic rings. The van der Waals surface area contributed by atoms with E-state index in [1.165, 1.54) is 11.3 Å². The molecule has 1 N–H and O–H groups in total. The summed E-state index contributed by atoms with van der Waals surface area (Å²) in [6.07, 6.45) is 4.03. The summed E-state index contributed by atoms with van der Waals surface area (Å²) in [5.41, 5.74) is -0.492. The maximum Gasteiger partial charge on any atom is 0.407 e. The zero-order valence-electron chi connectivity index (χ0n) is 15.6. The number of carbonyl (C=O) groups is 1. The Morgan fingerprint density at radius 1 is 1.38 bits per heavy atom.